The molecule has 0 radical (unpaired) electrons. The summed E-state index contributed by atoms with van der Waals surface area (Å²) in [6.07, 6.45) is 5.13. The van der Waals surface area contributed by atoms with Gasteiger partial charge in [-0.1, -0.05) is 13.3 Å². The average molecular weight is 209 g/mol. The number of hydrogen-bond donors (Lipinski definition) is 1. The van der Waals surface area contributed by atoms with Crippen molar-refractivity contribution in [2.75, 3.05) is 0 Å². The molecule has 1 nitrogen and oxygen atoms in total. The maximum Gasteiger partial charge on any atom is 0.0108 e. The largest absolute Gasteiger partial charge is 0.327 e. The first-order valence-electron chi connectivity index (χ1n) is 5.52. The highest BCUT2D eigenvalue weighted by Gasteiger charge is 2.26. The summed E-state index contributed by atoms with van der Waals surface area (Å²) in [6, 6.07) is 2.58. The molecule has 0 aromatic carbocycles. The molecule has 14 heavy (non-hydrogen) atoms. The molecule has 2 N–H and O–H groups in total. The van der Waals surface area contributed by atoms with Crippen molar-refractivity contribution in [2.24, 2.45) is 17.6 Å². The zero-order chi connectivity index (χ0) is 9.97. The summed E-state index contributed by atoms with van der Waals surface area (Å²) in [5.74, 6) is 1.67. The lowest BCUT2D eigenvalue weighted by Gasteiger charge is -2.18. The quantitative estimate of drug-likeness (QED) is 0.813. The first-order valence-corrected chi connectivity index (χ1v) is 6.46. The van der Waals surface area contributed by atoms with E-state index in [2.05, 4.69) is 23.8 Å². The maximum atomic E-state index is 6.24. The minimum Gasteiger partial charge on any atom is -0.327 e. The molecular weight excluding hydrogens is 190 g/mol. The summed E-state index contributed by atoms with van der Waals surface area (Å²) in [5.41, 5.74) is 7.66. The minimum absolute atomic E-state index is 0.384. The molecule has 0 saturated heterocycles. The van der Waals surface area contributed by atoms with Gasteiger partial charge in [-0.2, -0.15) is 11.3 Å². The van der Waals surface area contributed by atoms with E-state index >= 15 is 0 Å². The first-order chi connectivity index (χ1) is 6.75. The molecule has 1 saturated carbocycles. The third kappa shape index (κ3) is 2.37. The van der Waals surface area contributed by atoms with Crippen LogP contribution in [-0.4, -0.2) is 6.04 Å². The van der Waals surface area contributed by atoms with Gasteiger partial charge in [-0.15, -0.1) is 0 Å². The van der Waals surface area contributed by atoms with Crippen LogP contribution in [0.25, 0.3) is 0 Å². The van der Waals surface area contributed by atoms with Crippen LogP contribution in [0.1, 0.15) is 31.7 Å². The minimum atomic E-state index is 0.384. The van der Waals surface area contributed by atoms with E-state index in [-0.39, 0.29) is 0 Å². The average Bonchev–Trinajstić information content (AvgIpc) is 2.75. The molecule has 1 aliphatic rings. The van der Waals surface area contributed by atoms with E-state index in [0.717, 1.165) is 18.3 Å². The standard InChI is InChI=1S/C12H19NS/c1-9-2-3-11(6-9)12(13)7-10-4-5-14-8-10/h4-5,8-9,11-12H,2-3,6-7,13H2,1H3. The molecule has 1 aromatic heterocycles. The van der Waals surface area contributed by atoms with Gasteiger partial charge in [-0.05, 0) is 53.5 Å². The second kappa shape index (κ2) is 4.45. The summed E-state index contributed by atoms with van der Waals surface area (Å²) < 4.78 is 0. The SMILES string of the molecule is CC1CCC(C(N)Cc2ccsc2)C1. The van der Waals surface area contributed by atoms with Gasteiger partial charge in [-0.3, -0.25) is 0 Å². The van der Waals surface area contributed by atoms with Crippen molar-refractivity contribution in [3.05, 3.63) is 22.4 Å². The molecule has 1 aromatic rings. The molecular formula is C12H19NS. The highest BCUT2D eigenvalue weighted by atomic mass is 32.1. The highest BCUT2D eigenvalue weighted by Crippen LogP contribution is 2.32. The van der Waals surface area contributed by atoms with Gasteiger partial charge in [0.15, 0.2) is 0 Å². The fourth-order valence-electron chi connectivity index (χ4n) is 2.49. The van der Waals surface area contributed by atoms with E-state index in [1.54, 1.807) is 11.3 Å². The monoisotopic (exact) mass is 209 g/mol. The Bertz CT molecular complexity index is 268. The second-order valence-electron chi connectivity index (χ2n) is 4.68. The van der Waals surface area contributed by atoms with E-state index in [1.165, 1.54) is 24.8 Å². The highest BCUT2D eigenvalue weighted by molar-refractivity contribution is 7.07. The molecule has 1 aliphatic carbocycles. The van der Waals surface area contributed by atoms with Crippen molar-refractivity contribution in [2.45, 2.75) is 38.6 Å². The van der Waals surface area contributed by atoms with Crippen molar-refractivity contribution in [1.29, 1.82) is 0 Å². The summed E-state index contributed by atoms with van der Waals surface area (Å²) >= 11 is 1.77. The zero-order valence-corrected chi connectivity index (χ0v) is 9.59. The van der Waals surface area contributed by atoms with E-state index < -0.39 is 0 Å². The van der Waals surface area contributed by atoms with Gasteiger partial charge in [0.2, 0.25) is 0 Å². The molecule has 2 rings (SSSR count). The Kier molecular flexibility index (Phi) is 3.24. The summed E-state index contributed by atoms with van der Waals surface area (Å²) in [7, 11) is 0. The van der Waals surface area contributed by atoms with Crippen molar-refractivity contribution < 1.29 is 0 Å². The number of rotatable bonds is 3. The number of hydrogen-bond acceptors (Lipinski definition) is 2. The number of thiophene rings is 1. The summed E-state index contributed by atoms with van der Waals surface area (Å²) in [6.45, 7) is 2.34. The molecule has 0 aliphatic heterocycles. The topological polar surface area (TPSA) is 26.0 Å². The van der Waals surface area contributed by atoms with Crippen LogP contribution in [0, 0.1) is 11.8 Å². The fraction of sp³-hybridized carbons (Fsp3) is 0.667. The molecule has 0 spiro atoms. The van der Waals surface area contributed by atoms with Gasteiger partial charge >= 0.3 is 0 Å². The van der Waals surface area contributed by atoms with E-state index in [1.807, 2.05) is 0 Å². The van der Waals surface area contributed by atoms with Crippen LogP contribution in [0.5, 0.6) is 0 Å². The van der Waals surface area contributed by atoms with E-state index in [0.29, 0.717) is 6.04 Å². The lowest BCUT2D eigenvalue weighted by atomic mass is 9.93. The Morgan fingerprint density at radius 2 is 2.43 bits per heavy atom. The van der Waals surface area contributed by atoms with Gasteiger partial charge in [0.25, 0.3) is 0 Å². The van der Waals surface area contributed by atoms with Crippen molar-refractivity contribution in [3.8, 4) is 0 Å². The first kappa shape index (κ1) is 10.2. The Hall–Kier alpha value is -0.340. The van der Waals surface area contributed by atoms with Gasteiger partial charge in [0, 0.05) is 6.04 Å². The van der Waals surface area contributed by atoms with Gasteiger partial charge in [0.1, 0.15) is 0 Å². The third-order valence-electron chi connectivity index (χ3n) is 3.39. The Morgan fingerprint density at radius 1 is 1.57 bits per heavy atom. The van der Waals surface area contributed by atoms with Crippen LogP contribution in [0.3, 0.4) is 0 Å². The molecule has 0 amide bonds. The summed E-state index contributed by atoms with van der Waals surface area (Å²) in [4.78, 5) is 0. The second-order valence-corrected chi connectivity index (χ2v) is 5.46. The lowest BCUT2D eigenvalue weighted by molar-refractivity contribution is 0.415. The Balaban J connectivity index is 1.87. The zero-order valence-electron chi connectivity index (χ0n) is 8.78. The number of nitrogens with two attached hydrogens (primary N) is 1. The van der Waals surface area contributed by atoms with Crippen LogP contribution >= 0.6 is 11.3 Å². The smallest absolute Gasteiger partial charge is 0.0108 e. The van der Waals surface area contributed by atoms with Crippen LogP contribution in [0.15, 0.2) is 16.8 Å². The molecule has 3 unspecified atom stereocenters. The van der Waals surface area contributed by atoms with Crippen LogP contribution in [-0.2, 0) is 6.42 Å². The molecule has 3 atom stereocenters. The predicted molar refractivity (Wildman–Crippen MR) is 62.5 cm³/mol. The van der Waals surface area contributed by atoms with Gasteiger partial charge in [0.05, 0.1) is 0 Å². The van der Waals surface area contributed by atoms with Crippen molar-refractivity contribution in [3.63, 3.8) is 0 Å². The Labute approximate surface area is 90.3 Å². The predicted octanol–water partition coefficient (Wildman–Crippen LogP) is 3.05. The van der Waals surface area contributed by atoms with E-state index in [4.69, 9.17) is 5.73 Å². The Morgan fingerprint density at radius 3 is 3.00 bits per heavy atom. The van der Waals surface area contributed by atoms with Crippen molar-refractivity contribution in [1.82, 2.24) is 0 Å². The molecule has 2 heteroatoms. The van der Waals surface area contributed by atoms with Crippen molar-refractivity contribution >= 4 is 11.3 Å². The molecule has 78 valence electrons. The van der Waals surface area contributed by atoms with Gasteiger partial charge in [-0.25, -0.2) is 0 Å². The van der Waals surface area contributed by atoms with Crippen LogP contribution < -0.4 is 5.73 Å². The molecule has 1 heterocycles. The third-order valence-corrected chi connectivity index (χ3v) is 4.12. The van der Waals surface area contributed by atoms with Gasteiger partial charge < -0.3 is 5.73 Å². The van der Waals surface area contributed by atoms with Crippen LogP contribution in [0.4, 0.5) is 0 Å². The van der Waals surface area contributed by atoms with Crippen LogP contribution in [0.2, 0.25) is 0 Å². The summed E-state index contributed by atoms with van der Waals surface area (Å²) in [5, 5.41) is 4.36. The maximum absolute atomic E-state index is 6.24. The lowest BCUT2D eigenvalue weighted by Crippen LogP contribution is -2.30. The normalized spacial score (nSPS) is 29.3. The molecule has 0 bridgehead atoms. The van der Waals surface area contributed by atoms with E-state index in [9.17, 15) is 0 Å². The fourth-order valence-corrected chi connectivity index (χ4v) is 3.17. The molecule has 1 fully saturated rings.